The first kappa shape index (κ1) is 27.6. The number of allylic oxidation sites excluding steroid dienone is 1. The summed E-state index contributed by atoms with van der Waals surface area (Å²) in [6.45, 7) is 6.77. The van der Waals surface area contributed by atoms with Crippen molar-refractivity contribution in [3.8, 4) is 5.75 Å². The number of benzene rings is 2. The summed E-state index contributed by atoms with van der Waals surface area (Å²) in [6, 6.07) is 12.1. The second kappa shape index (κ2) is 11.7. The number of fused-ring (bicyclic) bond motifs is 2. The van der Waals surface area contributed by atoms with Gasteiger partial charge in [-0.05, 0) is 91.8 Å². The Morgan fingerprint density at radius 2 is 2.02 bits per heavy atom. The fourth-order valence-electron chi connectivity index (χ4n) is 6.75. The third kappa shape index (κ3) is 5.40. The van der Waals surface area contributed by atoms with Crippen molar-refractivity contribution in [2.24, 2.45) is 0 Å². The zero-order valence-electron chi connectivity index (χ0n) is 23.9. The quantitative estimate of drug-likeness (QED) is 0.354. The van der Waals surface area contributed by atoms with Gasteiger partial charge in [-0.25, -0.2) is 9.80 Å². The highest BCUT2D eigenvalue weighted by atomic mass is 35.5. The molecule has 3 heterocycles. The Balaban J connectivity index is 1.29. The largest absolute Gasteiger partial charge is 0.493 e. The van der Waals surface area contributed by atoms with Crippen LogP contribution in [-0.2, 0) is 4.74 Å². The molecule has 3 aliphatic heterocycles. The van der Waals surface area contributed by atoms with E-state index in [2.05, 4.69) is 18.7 Å². The van der Waals surface area contributed by atoms with E-state index in [0.29, 0.717) is 37.2 Å². The molecule has 0 radical (unpaired) electrons. The highest BCUT2D eigenvalue weighted by molar-refractivity contribution is 6.31. The summed E-state index contributed by atoms with van der Waals surface area (Å²) in [5, 5.41) is 16.3. The SMILES string of the molecule is CC/C1=C/OC=C2C(=C3CCCC4=C3N(CC4)C(C)C1)CN(C(=O)O)N2CCCOc1cccc2cc(Cl)ccc12. The molecule has 1 unspecified atom stereocenters. The molecule has 1 N–H and O–H groups in total. The van der Waals surface area contributed by atoms with Crippen molar-refractivity contribution in [2.45, 2.75) is 64.8 Å². The number of amides is 1. The van der Waals surface area contributed by atoms with Crippen molar-refractivity contribution < 1.29 is 19.4 Å². The molecule has 1 amide bonds. The van der Waals surface area contributed by atoms with E-state index in [1.54, 1.807) is 6.26 Å². The second-order valence-corrected chi connectivity index (χ2v) is 11.8. The summed E-state index contributed by atoms with van der Waals surface area (Å²) in [5.41, 5.74) is 7.35. The average Bonchev–Trinajstić information content (AvgIpc) is 3.56. The van der Waals surface area contributed by atoms with Gasteiger partial charge in [0.05, 0.1) is 25.1 Å². The molecule has 7 nitrogen and oxygen atoms in total. The number of carbonyl (C=O) groups is 1. The molecule has 6 rings (SSSR count). The summed E-state index contributed by atoms with van der Waals surface area (Å²) >= 11 is 6.17. The van der Waals surface area contributed by atoms with Crippen LogP contribution in [0.1, 0.15) is 58.8 Å². The van der Waals surface area contributed by atoms with Gasteiger partial charge < -0.3 is 19.5 Å². The minimum atomic E-state index is -0.961. The minimum Gasteiger partial charge on any atom is -0.493 e. The highest BCUT2D eigenvalue weighted by Gasteiger charge is 2.40. The number of carboxylic acid groups (broad SMARTS) is 1. The molecule has 1 fully saturated rings. The zero-order chi connectivity index (χ0) is 28.5. The monoisotopic (exact) mass is 575 g/mol. The first-order chi connectivity index (χ1) is 19.9. The lowest BCUT2D eigenvalue weighted by Gasteiger charge is -2.33. The maximum Gasteiger partial charge on any atom is 0.426 e. The van der Waals surface area contributed by atoms with E-state index in [1.807, 2.05) is 47.7 Å². The lowest BCUT2D eigenvalue weighted by molar-refractivity contribution is 0.0443. The van der Waals surface area contributed by atoms with Crippen LogP contribution < -0.4 is 4.74 Å². The first-order valence-corrected chi connectivity index (χ1v) is 15.2. The van der Waals surface area contributed by atoms with E-state index < -0.39 is 6.09 Å². The van der Waals surface area contributed by atoms with Crippen LogP contribution in [-0.4, -0.2) is 58.4 Å². The Labute approximate surface area is 246 Å². The van der Waals surface area contributed by atoms with Crippen molar-refractivity contribution in [3.05, 3.63) is 87.6 Å². The molecule has 0 bridgehead atoms. The van der Waals surface area contributed by atoms with Crippen LogP contribution >= 0.6 is 11.6 Å². The number of nitrogens with zero attached hydrogens (tertiary/aromatic N) is 3. The summed E-state index contributed by atoms with van der Waals surface area (Å²) in [5.74, 6) is 0.797. The van der Waals surface area contributed by atoms with E-state index in [-0.39, 0.29) is 0 Å². The summed E-state index contributed by atoms with van der Waals surface area (Å²) < 4.78 is 12.3. The van der Waals surface area contributed by atoms with Crippen LogP contribution in [0.3, 0.4) is 0 Å². The van der Waals surface area contributed by atoms with Gasteiger partial charge >= 0.3 is 6.09 Å². The molecule has 0 spiro atoms. The Morgan fingerprint density at radius 1 is 1.15 bits per heavy atom. The van der Waals surface area contributed by atoms with Gasteiger partial charge in [-0.1, -0.05) is 30.7 Å². The van der Waals surface area contributed by atoms with Crippen molar-refractivity contribution in [1.29, 1.82) is 0 Å². The van der Waals surface area contributed by atoms with Gasteiger partial charge in [-0.3, -0.25) is 5.01 Å². The maximum atomic E-state index is 12.5. The molecule has 2 aromatic rings. The molecule has 1 aliphatic carbocycles. The standard InChI is InChI=1S/C33H38ClN3O4/c1-3-23-17-22(2)35-15-13-24-7-4-9-28(32(24)35)29-19-37(33(38)39)36(30(29)21-40-20-23)14-6-16-41-31-10-5-8-25-18-26(34)11-12-27(25)31/h5,8,10-12,18,20-22H,3-4,6-7,9,13-17,19H2,1-2H3,(H,38,39)/b23-20-,29-28?,30-21?. The van der Waals surface area contributed by atoms with Crippen LogP contribution in [0.2, 0.25) is 5.02 Å². The van der Waals surface area contributed by atoms with Gasteiger partial charge in [0.1, 0.15) is 12.0 Å². The van der Waals surface area contributed by atoms with E-state index >= 15 is 0 Å². The lowest BCUT2D eigenvalue weighted by Crippen LogP contribution is -2.40. The topological polar surface area (TPSA) is 65.5 Å². The van der Waals surface area contributed by atoms with Crippen molar-refractivity contribution in [1.82, 2.24) is 14.9 Å². The molecule has 8 heteroatoms. The van der Waals surface area contributed by atoms with Gasteiger partial charge in [0.25, 0.3) is 0 Å². The molecule has 0 aromatic heterocycles. The average molecular weight is 576 g/mol. The third-order valence-electron chi connectivity index (χ3n) is 8.77. The molecule has 2 aromatic carbocycles. The van der Waals surface area contributed by atoms with E-state index in [0.717, 1.165) is 72.9 Å². The lowest BCUT2D eigenvalue weighted by atomic mass is 9.87. The normalized spacial score (nSPS) is 22.1. The van der Waals surface area contributed by atoms with E-state index in [4.69, 9.17) is 21.1 Å². The Hall–Kier alpha value is -3.58. The van der Waals surface area contributed by atoms with Crippen molar-refractivity contribution >= 4 is 28.5 Å². The Bertz CT molecular complexity index is 1480. The van der Waals surface area contributed by atoms with Crippen LogP contribution in [0.15, 0.2) is 82.6 Å². The van der Waals surface area contributed by atoms with E-state index in [9.17, 15) is 9.90 Å². The first-order valence-electron chi connectivity index (χ1n) is 14.8. The minimum absolute atomic E-state index is 0.328. The highest BCUT2D eigenvalue weighted by Crippen LogP contribution is 2.45. The van der Waals surface area contributed by atoms with Crippen molar-refractivity contribution in [3.63, 3.8) is 0 Å². The van der Waals surface area contributed by atoms with Crippen LogP contribution in [0.5, 0.6) is 5.75 Å². The molecular weight excluding hydrogens is 538 g/mol. The maximum absolute atomic E-state index is 12.5. The summed E-state index contributed by atoms with van der Waals surface area (Å²) in [4.78, 5) is 15.1. The predicted octanol–water partition coefficient (Wildman–Crippen LogP) is 7.86. The van der Waals surface area contributed by atoms with Gasteiger partial charge in [0.15, 0.2) is 0 Å². The third-order valence-corrected chi connectivity index (χ3v) is 9.01. The fourth-order valence-corrected chi connectivity index (χ4v) is 6.93. The molecule has 216 valence electrons. The van der Waals surface area contributed by atoms with E-state index in [1.165, 1.54) is 27.4 Å². The van der Waals surface area contributed by atoms with Gasteiger partial charge in [-0.15, -0.1) is 0 Å². The Kier molecular flexibility index (Phi) is 7.89. The Morgan fingerprint density at radius 3 is 2.85 bits per heavy atom. The van der Waals surface area contributed by atoms with Gasteiger partial charge in [-0.2, -0.15) is 0 Å². The number of hydrazine groups is 1. The molecule has 1 atom stereocenters. The smallest absolute Gasteiger partial charge is 0.426 e. The molecule has 0 saturated carbocycles. The predicted molar refractivity (Wildman–Crippen MR) is 161 cm³/mol. The number of halogens is 1. The van der Waals surface area contributed by atoms with Gasteiger partial charge in [0.2, 0.25) is 0 Å². The van der Waals surface area contributed by atoms with Crippen LogP contribution in [0.25, 0.3) is 10.8 Å². The zero-order valence-corrected chi connectivity index (χ0v) is 24.6. The number of hydrogen-bond donors (Lipinski definition) is 1. The second-order valence-electron chi connectivity index (χ2n) is 11.3. The molecule has 41 heavy (non-hydrogen) atoms. The number of hydrogen-bond acceptors (Lipinski definition) is 5. The molecular formula is C33H38ClN3O4. The summed E-state index contributed by atoms with van der Waals surface area (Å²) in [6.07, 6.45) is 9.47. The molecule has 1 saturated heterocycles. The van der Waals surface area contributed by atoms with Gasteiger partial charge in [0, 0.05) is 47.2 Å². The van der Waals surface area contributed by atoms with Crippen LogP contribution in [0, 0.1) is 0 Å². The van der Waals surface area contributed by atoms with Crippen LogP contribution in [0.4, 0.5) is 4.79 Å². The summed E-state index contributed by atoms with van der Waals surface area (Å²) in [7, 11) is 0. The fraction of sp³-hybridized carbons (Fsp3) is 0.424. The number of rotatable bonds is 6. The number of ether oxygens (including phenoxy) is 2. The molecule has 4 aliphatic rings. The van der Waals surface area contributed by atoms with Crippen molar-refractivity contribution in [2.75, 3.05) is 26.2 Å².